The summed E-state index contributed by atoms with van der Waals surface area (Å²) >= 11 is 0. The molecule has 5 nitrogen and oxygen atoms in total. The van der Waals surface area contributed by atoms with Gasteiger partial charge in [-0.25, -0.2) is 0 Å². The van der Waals surface area contributed by atoms with Crippen LogP contribution in [0.3, 0.4) is 0 Å². The van der Waals surface area contributed by atoms with Crippen LogP contribution in [0, 0.1) is 0 Å². The van der Waals surface area contributed by atoms with Gasteiger partial charge in [0.2, 0.25) is 0 Å². The zero-order valence-corrected chi connectivity index (χ0v) is 11.6. The van der Waals surface area contributed by atoms with Crippen LogP contribution in [0.5, 0.6) is 0 Å². The van der Waals surface area contributed by atoms with E-state index in [1.54, 1.807) is 7.11 Å². The third-order valence-corrected chi connectivity index (χ3v) is 3.62. The monoisotopic (exact) mass is 252 g/mol. The number of rotatable bonds is 5. The zero-order valence-electron chi connectivity index (χ0n) is 11.6. The summed E-state index contributed by atoms with van der Waals surface area (Å²) in [7, 11) is 1.72. The van der Waals surface area contributed by atoms with Gasteiger partial charge in [0.05, 0.1) is 25.0 Å². The fourth-order valence-electron chi connectivity index (χ4n) is 2.37. The lowest BCUT2D eigenvalue weighted by molar-refractivity contribution is 0.183. The van der Waals surface area contributed by atoms with Crippen molar-refractivity contribution in [2.24, 2.45) is 0 Å². The lowest BCUT2D eigenvalue weighted by Crippen LogP contribution is -2.55. The maximum Gasteiger partial charge on any atom is 0.0755 e. The molecule has 1 aliphatic rings. The highest BCUT2D eigenvalue weighted by molar-refractivity contribution is 5.44. The van der Waals surface area contributed by atoms with E-state index in [1.807, 2.05) is 10.9 Å². The molecule has 0 bridgehead atoms. The van der Waals surface area contributed by atoms with Crippen LogP contribution in [0.4, 0.5) is 5.69 Å². The number of aromatic nitrogens is 2. The summed E-state index contributed by atoms with van der Waals surface area (Å²) in [6.07, 6.45) is 5.25. The zero-order chi connectivity index (χ0) is 13.0. The Morgan fingerprint density at radius 3 is 3.11 bits per heavy atom. The first-order chi connectivity index (χ1) is 8.74. The van der Waals surface area contributed by atoms with Gasteiger partial charge >= 0.3 is 0 Å². The topological polar surface area (TPSA) is 42.3 Å². The summed E-state index contributed by atoms with van der Waals surface area (Å²) in [6.45, 7) is 8.11. The Morgan fingerprint density at radius 1 is 1.56 bits per heavy atom. The molecular formula is C13H24N4O. The number of ether oxygens (including phenoxy) is 1. The third-order valence-electron chi connectivity index (χ3n) is 3.62. The maximum absolute atomic E-state index is 5.07. The molecule has 2 atom stereocenters. The first kappa shape index (κ1) is 13.4. The molecule has 0 radical (unpaired) electrons. The quantitative estimate of drug-likeness (QED) is 0.852. The fourth-order valence-corrected chi connectivity index (χ4v) is 2.37. The van der Waals surface area contributed by atoms with Crippen LogP contribution in [-0.2, 0) is 11.3 Å². The van der Waals surface area contributed by atoms with E-state index in [0.717, 1.165) is 19.6 Å². The normalized spacial score (nSPS) is 24.5. The van der Waals surface area contributed by atoms with Gasteiger partial charge in [-0.1, -0.05) is 6.92 Å². The molecule has 1 aromatic heterocycles. The third kappa shape index (κ3) is 3.03. The van der Waals surface area contributed by atoms with Crippen molar-refractivity contribution in [1.82, 2.24) is 15.1 Å². The van der Waals surface area contributed by atoms with Crippen LogP contribution >= 0.6 is 0 Å². The molecule has 0 spiro atoms. The van der Waals surface area contributed by atoms with E-state index in [4.69, 9.17) is 4.74 Å². The minimum absolute atomic E-state index is 0.521. The van der Waals surface area contributed by atoms with Gasteiger partial charge in [-0.15, -0.1) is 0 Å². The number of hydrogen-bond acceptors (Lipinski definition) is 4. The highest BCUT2D eigenvalue weighted by atomic mass is 16.5. The van der Waals surface area contributed by atoms with Crippen LogP contribution in [0.15, 0.2) is 12.4 Å². The average molecular weight is 252 g/mol. The van der Waals surface area contributed by atoms with Crippen molar-refractivity contribution in [2.75, 3.05) is 31.7 Å². The molecule has 0 amide bonds. The van der Waals surface area contributed by atoms with E-state index in [9.17, 15) is 0 Å². The predicted molar refractivity (Wildman–Crippen MR) is 73.0 cm³/mol. The minimum Gasteiger partial charge on any atom is -0.383 e. The van der Waals surface area contributed by atoms with E-state index >= 15 is 0 Å². The van der Waals surface area contributed by atoms with E-state index in [2.05, 4.69) is 35.4 Å². The smallest absolute Gasteiger partial charge is 0.0755 e. The van der Waals surface area contributed by atoms with Gasteiger partial charge < -0.3 is 15.0 Å². The van der Waals surface area contributed by atoms with Gasteiger partial charge in [-0.3, -0.25) is 4.68 Å². The van der Waals surface area contributed by atoms with E-state index in [1.165, 1.54) is 12.1 Å². The Hall–Kier alpha value is -1.07. The van der Waals surface area contributed by atoms with Crippen molar-refractivity contribution >= 4 is 5.69 Å². The molecule has 1 aromatic rings. The first-order valence-corrected chi connectivity index (χ1v) is 6.76. The summed E-state index contributed by atoms with van der Waals surface area (Å²) in [5.41, 5.74) is 1.22. The molecule has 0 aliphatic carbocycles. The number of methoxy groups -OCH3 is 1. The van der Waals surface area contributed by atoms with E-state index < -0.39 is 0 Å². The fraction of sp³-hybridized carbons (Fsp3) is 0.769. The maximum atomic E-state index is 5.07. The lowest BCUT2D eigenvalue weighted by Gasteiger charge is -2.39. The number of piperazine rings is 1. The molecule has 102 valence electrons. The van der Waals surface area contributed by atoms with Crippen molar-refractivity contribution in [2.45, 2.75) is 38.9 Å². The van der Waals surface area contributed by atoms with Crippen molar-refractivity contribution in [3.63, 3.8) is 0 Å². The van der Waals surface area contributed by atoms with Crippen LogP contribution in [-0.4, -0.2) is 48.7 Å². The van der Waals surface area contributed by atoms with Gasteiger partial charge in [-0.05, 0) is 13.3 Å². The summed E-state index contributed by atoms with van der Waals surface area (Å²) in [6, 6.07) is 1.11. The van der Waals surface area contributed by atoms with Crippen molar-refractivity contribution in [3.05, 3.63) is 12.4 Å². The molecule has 1 fully saturated rings. The summed E-state index contributed by atoms with van der Waals surface area (Å²) in [5.74, 6) is 0. The molecule has 2 heterocycles. The van der Waals surface area contributed by atoms with Crippen LogP contribution < -0.4 is 10.2 Å². The number of anilines is 1. The predicted octanol–water partition coefficient (Wildman–Crippen LogP) is 1.11. The van der Waals surface area contributed by atoms with Gasteiger partial charge in [0.1, 0.15) is 0 Å². The molecule has 0 saturated carbocycles. The Labute approximate surface area is 109 Å². The van der Waals surface area contributed by atoms with E-state index in [0.29, 0.717) is 18.7 Å². The molecule has 1 saturated heterocycles. The SMILES string of the molecule is CCC1CN(c2cnn(CCOC)c2)C(C)CN1. The molecule has 5 heteroatoms. The Kier molecular flexibility index (Phi) is 4.60. The molecule has 1 N–H and O–H groups in total. The van der Waals surface area contributed by atoms with E-state index in [-0.39, 0.29) is 0 Å². The lowest BCUT2D eigenvalue weighted by atomic mass is 10.1. The highest BCUT2D eigenvalue weighted by Crippen LogP contribution is 2.19. The summed E-state index contributed by atoms with van der Waals surface area (Å²) in [5, 5.41) is 7.96. The average Bonchev–Trinajstić information content (AvgIpc) is 2.85. The largest absolute Gasteiger partial charge is 0.383 e. The second-order valence-electron chi connectivity index (χ2n) is 4.97. The van der Waals surface area contributed by atoms with Crippen molar-refractivity contribution < 1.29 is 4.74 Å². The number of nitrogens with one attached hydrogen (secondary N) is 1. The molecule has 0 aromatic carbocycles. The van der Waals surface area contributed by atoms with Crippen molar-refractivity contribution in [1.29, 1.82) is 0 Å². The number of hydrogen-bond donors (Lipinski definition) is 1. The second-order valence-corrected chi connectivity index (χ2v) is 4.97. The molecular weight excluding hydrogens is 228 g/mol. The van der Waals surface area contributed by atoms with Gasteiger partial charge in [0.25, 0.3) is 0 Å². The van der Waals surface area contributed by atoms with Gasteiger partial charge in [0, 0.05) is 38.5 Å². The van der Waals surface area contributed by atoms with Gasteiger partial charge in [0.15, 0.2) is 0 Å². The Bertz CT molecular complexity index is 366. The molecule has 2 unspecified atom stereocenters. The Morgan fingerprint density at radius 2 is 2.39 bits per heavy atom. The molecule has 1 aliphatic heterocycles. The standard InChI is InChI=1S/C13H24N4O/c1-4-12-9-17(11(2)7-14-12)13-8-15-16(10-13)5-6-18-3/h8,10-12,14H,4-7,9H2,1-3H3. The van der Waals surface area contributed by atoms with Crippen LogP contribution in [0.25, 0.3) is 0 Å². The summed E-state index contributed by atoms with van der Waals surface area (Å²) in [4.78, 5) is 2.45. The highest BCUT2D eigenvalue weighted by Gasteiger charge is 2.24. The molecule has 2 rings (SSSR count). The second kappa shape index (κ2) is 6.20. The minimum atomic E-state index is 0.521. The van der Waals surface area contributed by atoms with Crippen molar-refractivity contribution in [3.8, 4) is 0 Å². The van der Waals surface area contributed by atoms with Gasteiger partial charge in [-0.2, -0.15) is 5.10 Å². The van der Waals surface area contributed by atoms with Crippen LogP contribution in [0.2, 0.25) is 0 Å². The van der Waals surface area contributed by atoms with Crippen LogP contribution in [0.1, 0.15) is 20.3 Å². The summed E-state index contributed by atoms with van der Waals surface area (Å²) < 4.78 is 7.02. The first-order valence-electron chi connectivity index (χ1n) is 6.76. The Balaban J connectivity index is 2.02. The number of nitrogens with zero attached hydrogens (tertiary/aromatic N) is 3. The molecule has 18 heavy (non-hydrogen) atoms.